The van der Waals surface area contributed by atoms with E-state index in [2.05, 4.69) is 6.07 Å². The fraction of sp³-hybridized carbons (Fsp3) is 0.133. The summed E-state index contributed by atoms with van der Waals surface area (Å²) in [6.45, 7) is 1.79. The molecule has 0 saturated carbocycles. The largest absolute Gasteiger partial charge is 0.368 e. The predicted octanol–water partition coefficient (Wildman–Crippen LogP) is 3.63. The molecule has 1 atom stereocenters. The van der Waals surface area contributed by atoms with Crippen molar-refractivity contribution in [3.8, 4) is 0 Å². The third kappa shape index (κ3) is 2.94. The van der Waals surface area contributed by atoms with Crippen molar-refractivity contribution in [3.05, 3.63) is 65.2 Å². The first kappa shape index (κ1) is 14.0. The van der Waals surface area contributed by atoms with E-state index in [0.29, 0.717) is 5.02 Å². The van der Waals surface area contributed by atoms with Gasteiger partial charge in [-0.05, 0) is 36.8 Å². The van der Waals surface area contributed by atoms with Crippen molar-refractivity contribution in [1.82, 2.24) is 0 Å². The quantitative estimate of drug-likeness (QED) is 0.874. The van der Waals surface area contributed by atoms with Crippen molar-refractivity contribution >= 4 is 29.3 Å². The molecule has 1 amide bonds. The van der Waals surface area contributed by atoms with Crippen LogP contribution in [0, 0.1) is 6.07 Å². The average molecular weight is 291 g/mol. The second kappa shape index (κ2) is 5.68. The second-order valence-electron chi connectivity index (χ2n) is 4.22. The van der Waals surface area contributed by atoms with Crippen molar-refractivity contribution in [3.63, 3.8) is 0 Å². The number of carbonyl (C=O) groups is 1. The lowest BCUT2D eigenvalue weighted by molar-refractivity contribution is -0.120. The van der Waals surface area contributed by atoms with E-state index in [4.69, 9.17) is 17.3 Å². The minimum atomic E-state index is -0.903. The minimum Gasteiger partial charge on any atom is -0.368 e. The summed E-state index contributed by atoms with van der Waals surface area (Å²) in [6, 6.07) is 17.6. The molecule has 0 saturated heterocycles. The SMILES string of the molecule is CC(Sc1cc[c]cc1)(C(N)=O)c1ccccc1Cl. The van der Waals surface area contributed by atoms with Crippen LogP contribution in [-0.4, -0.2) is 5.91 Å². The average Bonchev–Trinajstić information content (AvgIpc) is 2.40. The highest BCUT2D eigenvalue weighted by molar-refractivity contribution is 8.01. The Morgan fingerprint density at radius 2 is 1.89 bits per heavy atom. The van der Waals surface area contributed by atoms with Gasteiger partial charge in [-0.1, -0.05) is 41.9 Å². The highest BCUT2D eigenvalue weighted by Crippen LogP contribution is 2.43. The van der Waals surface area contributed by atoms with Crippen LogP contribution in [0.15, 0.2) is 53.4 Å². The number of hydrogen-bond acceptors (Lipinski definition) is 2. The highest BCUT2D eigenvalue weighted by Gasteiger charge is 2.36. The number of thioether (sulfide) groups is 1. The summed E-state index contributed by atoms with van der Waals surface area (Å²) in [5, 5.41) is 0.541. The van der Waals surface area contributed by atoms with Crippen LogP contribution in [0.3, 0.4) is 0 Å². The van der Waals surface area contributed by atoms with Gasteiger partial charge in [0.2, 0.25) is 5.91 Å². The molecule has 0 heterocycles. The molecule has 4 heteroatoms. The van der Waals surface area contributed by atoms with Crippen molar-refractivity contribution in [2.75, 3.05) is 0 Å². The molecule has 0 spiro atoms. The van der Waals surface area contributed by atoms with Crippen LogP contribution >= 0.6 is 23.4 Å². The molecule has 2 aromatic rings. The molecular weight excluding hydrogens is 278 g/mol. The Balaban J connectivity index is 2.45. The van der Waals surface area contributed by atoms with Gasteiger partial charge >= 0.3 is 0 Å². The van der Waals surface area contributed by atoms with Gasteiger partial charge in [-0.15, -0.1) is 11.8 Å². The van der Waals surface area contributed by atoms with E-state index in [1.165, 1.54) is 11.8 Å². The highest BCUT2D eigenvalue weighted by atomic mass is 35.5. The van der Waals surface area contributed by atoms with Gasteiger partial charge in [0.15, 0.2) is 0 Å². The Morgan fingerprint density at radius 3 is 2.47 bits per heavy atom. The standard InChI is InChI=1S/C15H13ClNOS/c1-15(14(17)18,12-9-5-6-10-13(12)16)19-11-7-3-2-4-8-11/h3-10H,1H3,(H2,17,18). The first-order valence-corrected chi connectivity index (χ1v) is 6.93. The number of carbonyl (C=O) groups excluding carboxylic acids is 1. The van der Waals surface area contributed by atoms with Gasteiger partial charge in [0, 0.05) is 9.92 Å². The molecular formula is C15H13ClNOS. The molecule has 1 unspecified atom stereocenters. The molecule has 97 valence electrons. The number of halogens is 1. The van der Waals surface area contributed by atoms with E-state index in [1.807, 2.05) is 30.3 Å². The van der Waals surface area contributed by atoms with Crippen LogP contribution in [0.4, 0.5) is 0 Å². The van der Waals surface area contributed by atoms with Gasteiger partial charge < -0.3 is 5.73 Å². The van der Waals surface area contributed by atoms with Gasteiger partial charge in [0.25, 0.3) is 0 Å². The maximum absolute atomic E-state index is 11.9. The first-order chi connectivity index (χ1) is 9.04. The number of benzene rings is 2. The van der Waals surface area contributed by atoms with Gasteiger partial charge in [-0.3, -0.25) is 4.79 Å². The number of hydrogen-bond donors (Lipinski definition) is 1. The molecule has 2 nitrogen and oxygen atoms in total. The monoisotopic (exact) mass is 290 g/mol. The minimum absolute atomic E-state index is 0.418. The summed E-state index contributed by atoms with van der Waals surface area (Å²) in [4.78, 5) is 12.9. The van der Waals surface area contributed by atoms with Crippen LogP contribution in [0.2, 0.25) is 5.02 Å². The maximum Gasteiger partial charge on any atom is 0.238 e. The molecule has 0 aliphatic rings. The topological polar surface area (TPSA) is 43.1 Å². The molecule has 0 aliphatic heterocycles. The smallest absolute Gasteiger partial charge is 0.238 e. The van der Waals surface area contributed by atoms with E-state index >= 15 is 0 Å². The van der Waals surface area contributed by atoms with E-state index in [9.17, 15) is 4.79 Å². The lowest BCUT2D eigenvalue weighted by Crippen LogP contribution is -2.35. The summed E-state index contributed by atoms with van der Waals surface area (Å²) in [7, 11) is 0. The molecule has 1 radical (unpaired) electrons. The summed E-state index contributed by atoms with van der Waals surface area (Å²) in [6.07, 6.45) is 0. The maximum atomic E-state index is 11.9. The molecule has 0 fully saturated rings. The molecule has 0 aliphatic carbocycles. The fourth-order valence-corrected chi connectivity index (χ4v) is 3.27. The lowest BCUT2D eigenvalue weighted by Gasteiger charge is -2.27. The van der Waals surface area contributed by atoms with Gasteiger partial charge in [0.1, 0.15) is 4.75 Å². The zero-order chi connectivity index (χ0) is 13.9. The van der Waals surface area contributed by atoms with E-state index in [1.54, 1.807) is 25.1 Å². The predicted molar refractivity (Wildman–Crippen MR) is 79.1 cm³/mol. The molecule has 0 bridgehead atoms. The van der Waals surface area contributed by atoms with Crippen molar-refractivity contribution < 1.29 is 4.79 Å². The second-order valence-corrected chi connectivity index (χ2v) is 6.11. The number of nitrogens with two attached hydrogens (primary N) is 1. The Bertz CT molecular complexity index is 588. The molecule has 2 N–H and O–H groups in total. The Hall–Kier alpha value is -1.45. The van der Waals surface area contributed by atoms with Crippen molar-refractivity contribution in [1.29, 1.82) is 0 Å². The summed E-state index contributed by atoms with van der Waals surface area (Å²) >= 11 is 7.58. The molecule has 19 heavy (non-hydrogen) atoms. The molecule has 0 aromatic heterocycles. The van der Waals surface area contributed by atoms with Crippen molar-refractivity contribution in [2.24, 2.45) is 5.73 Å². The van der Waals surface area contributed by atoms with Crippen LogP contribution in [-0.2, 0) is 9.54 Å². The number of primary amides is 1. The van der Waals surface area contributed by atoms with Crippen LogP contribution in [0.25, 0.3) is 0 Å². The Kier molecular flexibility index (Phi) is 4.17. The lowest BCUT2D eigenvalue weighted by atomic mass is 9.99. The first-order valence-electron chi connectivity index (χ1n) is 5.74. The van der Waals surface area contributed by atoms with Gasteiger partial charge in [-0.25, -0.2) is 0 Å². The Morgan fingerprint density at radius 1 is 1.26 bits per heavy atom. The zero-order valence-corrected chi connectivity index (χ0v) is 12.0. The van der Waals surface area contributed by atoms with E-state index in [0.717, 1.165) is 10.5 Å². The van der Waals surface area contributed by atoms with Gasteiger partial charge in [0.05, 0.1) is 0 Å². The van der Waals surface area contributed by atoms with Crippen molar-refractivity contribution in [2.45, 2.75) is 16.6 Å². The summed E-state index contributed by atoms with van der Waals surface area (Å²) in [5.41, 5.74) is 6.32. The Labute approximate surface area is 122 Å². The third-order valence-corrected chi connectivity index (χ3v) is 4.53. The van der Waals surface area contributed by atoms with E-state index in [-0.39, 0.29) is 0 Å². The van der Waals surface area contributed by atoms with Crippen LogP contribution in [0.5, 0.6) is 0 Å². The van der Waals surface area contributed by atoms with Gasteiger partial charge in [-0.2, -0.15) is 0 Å². The molecule has 2 rings (SSSR count). The third-order valence-electron chi connectivity index (χ3n) is 2.87. The normalized spacial score (nSPS) is 13.8. The van der Waals surface area contributed by atoms with Crippen LogP contribution in [0.1, 0.15) is 12.5 Å². The zero-order valence-electron chi connectivity index (χ0n) is 10.4. The molecule has 2 aromatic carbocycles. The van der Waals surface area contributed by atoms with E-state index < -0.39 is 10.7 Å². The summed E-state index contributed by atoms with van der Waals surface area (Å²) in [5.74, 6) is -0.418. The number of rotatable bonds is 4. The fourth-order valence-electron chi connectivity index (χ4n) is 1.76. The summed E-state index contributed by atoms with van der Waals surface area (Å²) < 4.78 is -0.903. The van der Waals surface area contributed by atoms with Crippen LogP contribution < -0.4 is 5.73 Å². The number of amides is 1.